The number of methoxy groups -OCH3 is 1. The number of rotatable bonds is 5. The van der Waals surface area contributed by atoms with Crippen LogP contribution >= 0.6 is 0 Å². The van der Waals surface area contributed by atoms with E-state index in [1.165, 1.54) is 0 Å². The van der Waals surface area contributed by atoms with Crippen LogP contribution < -0.4 is 9.64 Å². The normalized spacial score (nSPS) is 24.3. The molecule has 28 heavy (non-hydrogen) atoms. The first kappa shape index (κ1) is 19.0. The van der Waals surface area contributed by atoms with Gasteiger partial charge in [0.05, 0.1) is 13.2 Å². The lowest BCUT2D eigenvalue weighted by Crippen LogP contribution is -2.58. The van der Waals surface area contributed by atoms with Gasteiger partial charge in [-0.3, -0.25) is 9.80 Å². The molecular formula is C20H28N6O2. The van der Waals surface area contributed by atoms with E-state index in [2.05, 4.69) is 35.7 Å². The lowest BCUT2D eigenvalue weighted by atomic mass is 9.99. The molecule has 1 N–H and O–H groups in total. The lowest BCUT2D eigenvalue weighted by Gasteiger charge is -2.45. The SMILES string of the molecule is COc1ncc(CN2CC[C@@H](N3CCN(c4ccccn4)CC3)[C@H](O)C2)cn1. The molecule has 0 bridgehead atoms. The fourth-order valence-corrected chi connectivity index (χ4v) is 4.17. The number of piperidine rings is 1. The van der Waals surface area contributed by atoms with Gasteiger partial charge in [0.2, 0.25) is 0 Å². The number of aromatic nitrogens is 3. The predicted molar refractivity (Wildman–Crippen MR) is 106 cm³/mol. The van der Waals surface area contributed by atoms with Crippen LogP contribution in [0.25, 0.3) is 0 Å². The van der Waals surface area contributed by atoms with Crippen molar-refractivity contribution in [3.05, 3.63) is 42.4 Å². The molecule has 150 valence electrons. The number of piperazine rings is 1. The number of ether oxygens (including phenoxy) is 1. The third-order valence-electron chi connectivity index (χ3n) is 5.66. The molecule has 0 aromatic carbocycles. The second kappa shape index (κ2) is 8.81. The van der Waals surface area contributed by atoms with E-state index in [4.69, 9.17) is 4.74 Å². The number of hydrogen-bond acceptors (Lipinski definition) is 8. The van der Waals surface area contributed by atoms with Gasteiger partial charge in [0.1, 0.15) is 5.82 Å². The highest BCUT2D eigenvalue weighted by molar-refractivity contribution is 5.38. The first-order chi connectivity index (χ1) is 13.7. The maximum Gasteiger partial charge on any atom is 0.316 e. The zero-order valence-electron chi connectivity index (χ0n) is 16.3. The third-order valence-corrected chi connectivity index (χ3v) is 5.66. The number of likely N-dealkylation sites (tertiary alicyclic amines) is 1. The summed E-state index contributed by atoms with van der Waals surface area (Å²) in [6, 6.07) is 6.65. The van der Waals surface area contributed by atoms with E-state index in [0.717, 1.165) is 57.1 Å². The van der Waals surface area contributed by atoms with Gasteiger partial charge in [0.15, 0.2) is 0 Å². The van der Waals surface area contributed by atoms with Crippen LogP contribution in [0.2, 0.25) is 0 Å². The summed E-state index contributed by atoms with van der Waals surface area (Å²) < 4.78 is 5.00. The highest BCUT2D eigenvalue weighted by Crippen LogP contribution is 2.22. The minimum absolute atomic E-state index is 0.231. The van der Waals surface area contributed by atoms with Gasteiger partial charge < -0.3 is 14.7 Å². The minimum Gasteiger partial charge on any atom is -0.467 e. The summed E-state index contributed by atoms with van der Waals surface area (Å²) in [6.07, 6.45) is 6.06. The van der Waals surface area contributed by atoms with Crippen molar-refractivity contribution >= 4 is 5.82 Å². The van der Waals surface area contributed by atoms with E-state index in [9.17, 15) is 5.11 Å². The summed E-state index contributed by atoms with van der Waals surface area (Å²) in [5, 5.41) is 10.8. The summed E-state index contributed by atoms with van der Waals surface area (Å²) in [6.45, 7) is 6.22. The quantitative estimate of drug-likeness (QED) is 0.805. The smallest absolute Gasteiger partial charge is 0.316 e. The number of anilines is 1. The maximum atomic E-state index is 10.8. The Balaban J connectivity index is 1.27. The molecule has 2 aromatic rings. The van der Waals surface area contributed by atoms with Crippen molar-refractivity contribution in [2.75, 3.05) is 51.3 Å². The molecule has 2 atom stereocenters. The molecule has 2 fully saturated rings. The van der Waals surface area contributed by atoms with Crippen molar-refractivity contribution in [2.45, 2.75) is 25.1 Å². The minimum atomic E-state index is -0.339. The van der Waals surface area contributed by atoms with Crippen LogP contribution in [-0.4, -0.2) is 88.4 Å². The Morgan fingerprint density at radius 1 is 1.07 bits per heavy atom. The zero-order valence-corrected chi connectivity index (χ0v) is 16.3. The number of aliphatic hydroxyl groups excluding tert-OH is 1. The molecule has 2 aliphatic heterocycles. The van der Waals surface area contributed by atoms with Gasteiger partial charge in [-0.15, -0.1) is 0 Å². The van der Waals surface area contributed by atoms with Crippen LogP contribution in [-0.2, 0) is 6.54 Å². The van der Waals surface area contributed by atoms with E-state index in [1.807, 2.05) is 18.3 Å². The van der Waals surface area contributed by atoms with Crippen LogP contribution in [0, 0.1) is 0 Å². The molecule has 4 rings (SSSR count). The standard InChI is InChI=1S/C20H28N6O2/c1-28-20-22-12-16(13-23-20)14-24-7-5-17(18(27)15-24)25-8-10-26(11-9-25)19-4-2-3-6-21-19/h2-4,6,12-13,17-18,27H,5,7-11,14-15H2,1H3/t17-,18-/m1/s1. The molecule has 4 heterocycles. The second-order valence-electron chi connectivity index (χ2n) is 7.45. The summed E-state index contributed by atoms with van der Waals surface area (Å²) >= 11 is 0. The van der Waals surface area contributed by atoms with E-state index in [1.54, 1.807) is 19.5 Å². The summed E-state index contributed by atoms with van der Waals surface area (Å²) in [7, 11) is 1.56. The number of hydrogen-bond donors (Lipinski definition) is 1. The van der Waals surface area contributed by atoms with E-state index < -0.39 is 0 Å². The van der Waals surface area contributed by atoms with Gasteiger partial charge in [0, 0.05) is 76.0 Å². The number of pyridine rings is 1. The van der Waals surface area contributed by atoms with E-state index >= 15 is 0 Å². The van der Waals surface area contributed by atoms with Gasteiger partial charge >= 0.3 is 6.01 Å². The first-order valence-electron chi connectivity index (χ1n) is 9.88. The first-order valence-corrected chi connectivity index (χ1v) is 9.88. The Bertz CT molecular complexity index is 736. The van der Waals surface area contributed by atoms with Crippen LogP contribution in [0.3, 0.4) is 0 Å². The summed E-state index contributed by atoms with van der Waals surface area (Å²) in [5.74, 6) is 1.04. The van der Waals surface area contributed by atoms with Gasteiger partial charge in [-0.05, 0) is 18.6 Å². The monoisotopic (exact) mass is 384 g/mol. The molecular weight excluding hydrogens is 356 g/mol. The molecule has 2 aromatic heterocycles. The predicted octanol–water partition coefficient (Wildman–Crippen LogP) is 0.638. The third kappa shape index (κ3) is 4.40. The molecule has 0 unspecified atom stereocenters. The fourth-order valence-electron chi connectivity index (χ4n) is 4.17. The van der Waals surface area contributed by atoms with Crippen molar-refractivity contribution in [3.8, 4) is 6.01 Å². The van der Waals surface area contributed by atoms with Crippen LogP contribution in [0.4, 0.5) is 5.82 Å². The number of nitrogens with zero attached hydrogens (tertiary/aromatic N) is 6. The van der Waals surface area contributed by atoms with E-state index in [-0.39, 0.29) is 12.1 Å². The van der Waals surface area contributed by atoms with Crippen LogP contribution in [0.1, 0.15) is 12.0 Å². The molecule has 0 spiro atoms. The van der Waals surface area contributed by atoms with Crippen molar-refractivity contribution < 1.29 is 9.84 Å². The van der Waals surface area contributed by atoms with Crippen molar-refractivity contribution in [1.29, 1.82) is 0 Å². The molecule has 0 amide bonds. The highest BCUT2D eigenvalue weighted by Gasteiger charge is 2.33. The Morgan fingerprint density at radius 2 is 1.86 bits per heavy atom. The van der Waals surface area contributed by atoms with Crippen LogP contribution in [0.15, 0.2) is 36.8 Å². The van der Waals surface area contributed by atoms with E-state index in [0.29, 0.717) is 12.6 Å². The molecule has 8 nitrogen and oxygen atoms in total. The molecule has 2 saturated heterocycles. The molecule has 0 radical (unpaired) electrons. The second-order valence-corrected chi connectivity index (χ2v) is 7.45. The molecule has 0 aliphatic carbocycles. The maximum absolute atomic E-state index is 10.8. The average molecular weight is 384 g/mol. The largest absolute Gasteiger partial charge is 0.467 e. The molecule has 0 saturated carbocycles. The topological polar surface area (TPSA) is 77.9 Å². The van der Waals surface area contributed by atoms with Crippen LogP contribution in [0.5, 0.6) is 6.01 Å². The van der Waals surface area contributed by atoms with Gasteiger partial charge in [-0.25, -0.2) is 15.0 Å². The van der Waals surface area contributed by atoms with Crippen molar-refractivity contribution in [1.82, 2.24) is 24.8 Å². The number of β-amino-alcohol motifs (C(OH)–C–C–N with tert-alkyl or cyclic N) is 1. The Kier molecular flexibility index (Phi) is 5.99. The van der Waals surface area contributed by atoms with Crippen molar-refractivity contribution in [3.63, 3.8) is 0 Å². The Morgan fingerprint density at radius 3 is 2.50 bits per heavy atom. The molecule has 2 aliphatic rings. The average Bonchev–Trinajstić information content (AvgIpc) is 2.75. The zero-order chi connectivity index (χ0) is 19.3. The van der Waals surface area contributed by atoms with Gasteiger partial charge in [0.25, 0.3) is 0 Å². The number of aliphatic hydroxyl groups is 1. The fraction of sp³-hybridized carbons (Fsp3) is 0.550. The summed E-state index contributed by atoms with van der Waals surface area (Å²) in [5.41, 5.74) is 1.04. The van der Waals surface area contributed by atoms with Gasteiger partial charge in [-0.2, -0.15) is 0 Å². The lowest BCUT2D eigenvalue weighted by molar-refractivity contribution is -0.0172. The van der Waals surface area contributed by atoms with Crippen molar-refractivity contribution in [2.24, 2.45) is 0 Å². The highest BCUT2D eigenvalue weighted by atomic mass is 16.5. The molecule has 8 heteroatoms. The Hall–Kier alpha value is -2.29. The van der Waals surface area contributed by atoms with Gasteiger partial charge in [-0.1, -0.05) is 6.07 Å². The Labute approximate surface area is 165 Å². The summed E-state index contributed by atoms with van der Waals surface area (Å²) in [4.78, 5) is 19.8.